The van der Waals surface area contributed by atoms with Crippen LogP contribution >= 0.6 is 0 Å². The van der Waals surface area contributed by atoms with Crippen LogP contribution in [0.1, 0.15) is 25.0 Å². The molecular weight excluding hydrogens is 250 g/mol. The number of nitrogens with one attached hydrogen (secondary N) is 1. The van der Waals surface area contributed by atoms with Crippen molar-refractivity contribution in [3.8, 4) is 5.75 Å². The lowest BCUT2D eigenvalue weighted by atomic mass is 9.85. The molecule has 0 spiro atoms. The Kier molecular flexibility index (Phi) is 4.42. The standard InChI is InChI=1S/C17H21NO2/c1-13(19)18-17(2,12-14-7-4-3-5-8-14)15-9-6-10-16(20)11-15/h3-11,13,18-20H,12H2,1-2H3/t13-,17?/m1/s1. The Morgan fingerprint density at radius 2 is 1.80 bits per heavy atom. The Labute approximate surface area is 119 Å². The molecule has 0 aliphatic heterocycles. The number of aromatic hydroxyl groups is 1. The zero-order valence-electron chi connectivity index (χ0n) is 11.9. The molecule has 106 valence electrons. The highest BCUT2D eigenvalue weighted by Gasteiger charge is 2.28. The third-order valence-electron chi connectivity index (χ3n) is 3.41. The van der Waals surface area contributed by atoms with Crippen LogP contribution in [0.15, 0.2) is 54.6 Å². The molecule has 0 radical (unpaired) electrons. The smallest absolute Gasteiger partial charge is 0.115 e. The zero-order chi connectivity index (χ0) is 14.6. The Morgan fingerprint density at radius 3 is 2.40 bits per heavy atom. The molecule has 20 heavy (non-hydrogen) atoms. The van der Waals surface area contributed by atoms with Gasteiger partial charge in [0.2, 0.25) is 0 Å². The molecule has 3 heteroatoms. The van der Waals surface area contributed by atoms with Crippen LogP contribution in [0, 0.1) is 0 Å². The van der Waals surface area contributed by atoms with E-state index in [1.807, 2.05) is 37.3 Å². The molecule has 0 saturated heterocycles. The van der Waals surface area contributed by atoms with E-state index in [-0.39, 0.29) is 5.75 Å². The first-order valence-corrected chi connectivity index (χ1v) is 6.79. The summed E-state index contributed by atoms with van der Waals surface area (Å²) in [4.78, 5) is 0. The lowest BCUT2D eigenvalue weighted by Crippen LogP contribution is -2.46. The molecular formula is C17H21NO2. The van der Waals surface area contributed by atoms with Gasteiger partial charge in [-0.2, -0.15) is 0 Å². The number of phenolic OH excluding ortho intramolecular Hbond substituents is 1. The second-order valence-electron chi connectivity index (χ2n) is 5.37. The van der Waals surface area contributed by atoms with Crippen molar-refractivity contribution in [3.05, 3.63) is 65.7 Å². The SMILES string of the molecule is C[C@@H](O)NC(C)(Cc1ccccc1)c1cccc(O)c1. The fourth-order valence-electron chi connectivity index (χ4n) is 2.55. The molecule has 0 fully saturated rings. The highest BCUT2D eigenvalue weighted by Crippen LogP contribution is 2.28. The summed E-state index contributed by atoms with van der Waals surface area (Å²) in [5.41, 5.74) is 1.67. The van der Waals surface area contributed by atoms with Gasteiger partial charge in [-0.1, -0.05) is 42.5 Å². The molecule has 0 heterocycles. The molecule has 0 saturated carbocycles. The largest absolute Gasteiger partial charge is 0.508 e. The lowest BCUT2D eigenvalue weighted by molar-refractivity contribution is 0.111. The van der Waals surface area contributed by atoms with E-state index >= 15 is 0 Å². The van der Waals surface area contributed by atoms with Crippen LogP contribution in [0.25, 0.3) is 0 Å². The molecule has 3 N–H and O–H groups in total. The van der Waals surface area contributed by atoms with Crippen LogP contribution in [-0.2, 0) is 12.0 Å². The zero-order valence-corrected chi connectivity index (χ0v) is 11.9. The number of hydrogen-bond donors (Lipinski definition) is 3. The normalized spacial score (nSPS) is 15.6. The van der Waals surface area contributed by atoms with Crippen LogP contribution in [0.5, 0.6) is 5.75 Å². The van der Waals surface area contributed by atoms with Gasteiger partial charge in [-0.05, 0) is 43.5 Å². The van der Waals surface area contributed by atoms with Gasteiger partial charge in [-0.15, -0.1) is 0 Å². The maximum absolute atomic E-state index is 9.72. The number of aliphatic hydroxyl groups is 1. The summed E-state index contributed by atoms with van der Waals surface area (Å²) < 4.78 is 0. The van der Waals surface area contributed by atoms with Crippen molar-refractivity contribution in [3.63, 3.8) is 0 Å². The van der Waals surface area contributed by atoms with Crippen LogP contribution in [-0.4, -0.2) is 16.4 Å². The maximum atomic E-state index is 9.72. The van der Waals surface area contributed by atoms with Gasteiger partial charge in [0.1, 0.15) is 12.0 Å². The van der Waals surface area contributed by atoms with E-state index in [2.05, 4.69) is 17.4 Å². The minimum Gasteiger partial charge on any atom is -0.508 e. The molecule has 0 aliphatic carbocycles. The Bertz CT molecular complexity index is 554. The third kappa shape index (κ3) is 3.59. The number of aliphatic hydroxyl groups excluding tert-OH is 1. The summed E-state index contributed by atoms with van der Waals surface area (Å²) in [7, 11) is 0. The van der Waals surface area contributed by atoms with E-state index in [0.717, 1.165) is 12.0 Å². The summed E-state index contributed by atoms with van der Waals surface area (Å²) in [6, 6.07) is 17.3. The van der Waals surface area contributed by atoms with Crippen LogP contribution in [0.4, 0.5) is 0 Å². The van der Waals surface area contributed by atoms with E-state index in [4.69, 9.17) is 0 Å². The Balaban J connectivity index is 2.35. The van der Waals surface area contributed by atoms with E-state index in [1.165, 1.54) is 5.56 Å². The Hall–Kier alpha value is -1.84. The van der Waals surface area contributed by atoms with Gasteiger partial charge < -0.3 is 10.2 Å². The Morgan fingerprint density at radius 1 is 1.10 bits per heavy atom. The van der Waals surface area contributed by atoms with Crippen LogP contribution in [0.2, 0.25) is 0 Å². The quantitative estimate of drug-likeness (QED) is 0.733. The van der Waals surface area contributed by atoms with Crippen LogP contribution < -0.4 is 5.32 Å². The number of benzene rings is 2. The molecule has 2 atom stereocenters. The van der Waals surface area contributed by atoms with Crippen molar-refractivity contribution < 1.29 is 10.2 Å². The average Bonchev–Trinajstić information content (AvgIpc) is 2.39. The van der Waals surface area contributed by atoms with Gasteiger partial charge >= 0.3 is 0 Å². The molecule has 1 unspecified atom stereocenters. The summed E-state index contributed by atoms with van der Waals surface area (Å²) in [5.74, 6) is 0.231. The summed E-state index contributed by atoms with van der Waals surface area (Å²) >= 11 is 0. The van der Waals surface area contributed by atoms with Crippen molar-refractivity contribution in [1.29, 1.82) is 0 Å². The number of rotatable bonds is 5. The highest BCUT2D eigenvalue weighted by atomic mass is 16.3. The average molecular weight is 271 g/mol. The van der Waals surface area contributed by atoms with Crippen molar-refractivity contribution in [2.75, 3.05) is 0 Å². The van der Waals surface area contributed by atoms with E-state index < -0.39 is 11.8 Å². The van der Waals surface area contributed by atoms with Gasteiger partial charge in [-0.25, -0.2) is 0 Å². The fraction of sp³-hybridized carbons (Fsp3) is 0.294. The monoisotopic (exact) mass is 271 g/mol. The number of phenols is 1. The van der Waals surface area contributed by atoms with E-state index in [1.54, 1.807) is 19.1 Å². The lowest BCUT2D eigenvalue weighted by Gasteiger charge is -2.33. The summed E-state index contributed by atoms with van der Waals surface area (Å²) in [6.07, 6.45) is 0.0911. The second-order valence-corrected chi connectivity index (χ2v) is 5.37. The topological polar surface area (TPSA) is 52.5 Å². The van der Waals surface area contributed by atoms with Crippen molar-refractivity contribution >= 4 is 0 Å². The van der Waals surface area contributed by atoms with Gasteiger partial charge in [0.25, 0.3) is 0 Å². The third-order valence-corrected chi connectivity index (χ3v) is 3.41. The molecule has 3 nitrogen and oxygen atoms in total. The molecule has 2 aromatic rings. The van der Waals surface area contributed by atoms with E-state index in [0.29, 0.717) is 0 Å². The highest BCUT2D eigenvalue weighted by molar-refractivity contribution is 5.34. The summed E-state index contributed by atoms with van der Waals surface area (Å²) in [6.45, 7) is 3.73. The minimum absolute atomic E-state index is 0.231. The first-order valence-electron chi connectivity index (χ1n) is 6.79. The van der Waals surface area contributed by atoms with Gasteiger partial charge in [0, 0.05) is 5.54 Å². The first-order chi connectivity index (χ1) is 9.49. The molecule has 0 aromatic heterocycles. The first kappa shape index (κ1) is 14.6. The molecule has 0 amide bonds. The maximum Gasteiger partial charge on any atom is 0.115 e. The second kappa shape index (κ2) is 6.07. The van der Waals surface area contributed by atoms with Crippen molar-refractivity contribution in [2.45, 2.75) is 32.0 Å². The molecule has 2 rings (SSSR count). The minimum atomic E-state index is -0.633. The summed E-state index contributed by atoms with van der Waals surface area (Å²) in [5, 5.41) is 22.6. The predicted octanol–water partition coefficient (Wildman–Crippen LogP) is 2.78. The van der Waals surface area contributed by atoms with Crippen LogP contribution in [0.3, 0.4) is 0 Å². The van der Waals surface area contributed by atoms with Gasteiger partial charge in [-0.3, -0.25) is 5.32 Å². The van der Waals surface area contributed by atoms with E-state index in [9.17, 15) is 10.2 Å². The van der Waals surface area contributed by atoms with Crippen molar-refractivity contribution in [1.82, 2.24) is 5.32 Å². The molecule has 0 bridgehead atoms. The molecule has 0 aliphatic rings. The van der Waals surface area contributed by atoms with Gasteiger partial charge in [0.15, 0.2) is 0 Å². The number of hydrogen-bond acceptors (Lipinski definition) is 3. The predicted molar refractivity (Wildman–Crippen MR) is 80.4 cm³/mol. The van der Waals surface area contributed by atoms with Crippen molar-refractivity contribution in [2.24, 2.45) is 0 Å². The van der Waals surface area contributed by atoms with Gasteiger partial charge in [0.05, 0.1) is 0 Å². The molecule has 2 aromatic carbocycles. The fourth-order valence-corrected chi connectivity index (χ4v) is 2.55.